The van der Waals surface area contributed by atoms with Crippen molar-refractivity contribution in [2.24, 2.45) is 0 Å². The molecule has 1 aliphatic heterocycles. The quantitative estimate of drug-likeness (QED) is 0.766. The maximum absolute atomic E-state index is 12.9. The SMILES string of the molecule is Cc1cc(C)c(S(=O)(=O)NC(C)C(=O)N2CCN(Cc3ccccc3)CC2)c(C)c1. The van der Waals surface area contributed by atoms with E-state index in [2.05, 4.69) is 21.8 Å². The number of sulfonamides is 1. The van der Waals surface area contributed by atoms with Gasteiger partial charge in [-0.05, 0) is 44.4 Å². The summed E-state index contributed by atoms with van der Waals surface area (Å²) in [5.41, 5.74) is 3.65. The average molecular weight is 430 g/mol. The van der Waals surface area contributed by atoms with Gasteiger partial charge in [0.1, 0.15) is 0 Å². The largest absolute Gasteiger partial charge is 0.339 e. The van der Waals surface area contributed by atoms with Gasteiger partial charge in [0.05, 0.1) is 10.9 Å². The van der Waals surface area contributed by atoms with Gasteiger partial charge in [0, 0.05) is 32.7 Å². The van der Waals surface area contributed by atoms with Crippen molar-refractivity contribution >= 4 is 15.9 Å². The van der Waals surface area contributed by atoms with Gasteiger partial charge in [-0.25, -0.2) is 8.42 Å². The van der Waals surface area contributed by atoms with Crippen molar-refractivity contribution in [3.63, 3.8) is 0 Å². The third-order valence-electron chi connectivity index (χ3n) is 5.51. The topological polar surface area (TPSA) is 69.7 Å². The molecule has 0 aromatic heterocycles. The van der Waals surface area contributed by atoms with Crippen molar-refractivity contribution in [2.75, 3.05) is 26.2 Å². The van der Waals surface area contributed by atoms with E-state index >= 15 is 0 Å². The first-order valence-electron chi connectivity index (χ1n) is 10.3. The van der Waals surface area contributed by atoms with E-state index in [4.69, 9.17) is 0 Å². The summed E-state index contributed by atoms with van der Waals surface area (Å²) in [5, 5.41) is 0. The predicted octanol–water partition coefficient (Wildman–Crippen LogP) is 2.62. The van der Waals surface area contributed by atoms with E-state index in [1.807, 2.05) is 37.3 Å². The number of carbonyl (C=O) groups is 1. The number of amides is 1. The molecule has 3 rings (SSSR count). The minimum absolute atomic E-state index is 0.180. The highest BCUT2D eigenvalue weighted by Gasteiger charge is 2.29. The van der Waals surface area contributed by atoms with Gasteiger partial charge in [-0.2, -0.15) is 4.72 Å². The number of benzene rings is 2. The van der Waals surface area contributed by atoms with Gasteiger partial charge in [-0.3, -0.25) is 9.69 Å². The Morgan fingerprint density at radius 1 is 1.00 bits per heavy atom. The molecule has 1 atom stereocenters. The number of aryl methyl sites for hydroxylation is 3. The van der Waals surface area contributed by atoms with Crippen LogP contribution in [0.4, 0.5) is 0 Å². The summed E-state index contributed by atoms with van der Waals surface area (Å²) in [7, 11) is -3.78. The molecule has 1 unspecified atom stereocenters. The highest BCUT2D eigenvalue weighted by molar-refractivity contribution is 7.89. The molecule has 0 bridgehead atoms. The molecule has 1 N–H and O–H groups in total. The van der Waals surface area contributed by atoms with E-state index < -0.39 is 16.1 Å². The van der Waals surface area contributed by atoms with Crippen LogP contribution in [-0.2, 0) is 21.4 Å². The molecule has 1 heterocycles. The molecular weight excluding hydrogens is 398 g/mol. The first-order chi connectivity index (χ1) is 14.2. The van der Waals surface area contributed by atoms with E-state index in [0.29, 0.717) is 24.2 Å². The number of hydrogen-bond donors (Lipinski definition) is 1. The smallest absolute Gasteiger partial charge is 0.241 e. The van der Waals surface area contributed by atoms with Crippen LogP contribution in [-0.4, -0.2) is 56.3 Å². The van der Waals surface area contributed by atoms with Gasteiger partial charge in [0.15, 0.2) is 0 Å². The molecule has 2 aromatic rings. The molecule has 0 aliphatic carbocycles. The van der Waals surface area contributed by atoms with E-state index in [1.54, 1.807) is 25.7 Å². The molecule has 0 radical (unpaired) electrons. The second-order valence-electron chi connectivity index (χ2n) is 8.16. The van der Waals surface area contributed by atoms with E-state index in [1.165, 1.54) is 5.56 Å². The molecule has 7 heteroatoms. The molecule has 1 aliphatic rings. The van der Waals surface area contributed by atoms with Crippen LogP contribution in [0, 0.1) is 20.8 Å². The monoisotopic (exact) mass is 429 g/mol. The van der Waals surface area contributed by atoms with Crippen LogP contribution in [0.5, 0.6) is 0 Å². The van der Waals surface area contributed by atoms with Gasteiger partial charge < -0.3 is 4.90 Å². The Bertz CT molecular complexity index is 975. The van der Waals surface area contributed by atoms with Gasteiger partial charge in [0.2, 0.25) is 15.9 Å². The van der Waals surface area contributed by atoms with Gasteiger partial charge in [-0.1, -0.05) is 48.0 Å². The highest BCUT2D eigenvalue weighted by Crippen LogP contribution is 2.22. The summed E-state index contributed by atoms with van der Waals surface area (Å²) in [6.07, 6.45) is 0. The Kier molecular flexibility index (Phi) is 6.95. The lowest BCUT2D eigenvalue weighted by Gasteiger charge is -2.36. The van der Waals surface area contributed by atoms with Crippen molar-refractivity contribution in [2.45, 2.75) is 45.2 Å². The van der Waals surface area contributed by atoms with Crippen molar-refractivity contribution in [3.05, 3.63) is 64.7 Å². The minimum Gasteiger partial charge on any atom is -0.339 e. The molecule has 162 valence electrons. The second kappa shape index (κ2) is 9.29. The molecule has 1 saturated heterocycles. The van der Waals surface area contributed by atoms with Crippen molar-refractivity contribution in [1.29, 1.82) is 0 Å². The first kappa shape index (κ1) is 22.5. The number of rotatable bonds is 6. The summed E-state index contributed by atoms with van der Waals surface area (Å²) < 4.78 is 28.5. The minimum atomic E-state index is -3.78. The third kappa shape index (κ3) is 5.28. The summed E-state index contributed by atoms with van der Waals surface area (Å²) in [5.74, 6) is -0.180. The van der Waals surface area contributed by atoms with Gasteiger partial charge in [0.25, 0.3) is 0 Å². The fraction of sp³-hybridized carbons (Fsp3) is 0.435. The van der Waals surface area contributed by atoms with Gasteiger partial charge >= 0.3 is 0 Å². The molecule has 1 amide bonds. The highest BCUT2D eigenvalue weighted by atomic mass is 32.2. The number of carbonyl (C=O) groups excluding carboxylic acids is 1. The van der Waals surface area contributed by atoms with Crippen LogP contribution in [0.3, 0.4) is 0 Å². The lowest BCUT2D eigenvalue weighted by molar-refractivity contribution is -0.134. The fourth-order valence-electron chi connectivity index (χ4n) is 4.17. The van der Waals surface area contributed by atoms with Crippen molar-refractivity contribution < 1.29 is 13.2 Å². The fourth-order valence-corrected chi connectivity index (χ4v) is 5.82. The molecule has 6 nitrogen and oxygen atoms in total. The molecule has 1 fully saturated rings. The normalized spacial score (nSPS) is 16.5. The summed E-state index contributed by atoms with van der Waals surface area (Å²) in [6, 6.07) is 13.1. The van der Waals surface area contributed by atoms with Crippen LogP contribution in [0.2, 0.25) is 0 Å². The Morgan fingerprint density at radius 3 is 2.13 bits per heavy atom. The number of piperazine rings is 1. The number of hydrogen-bond acceptors (Lipinski definition) is 4. The number of nitrogens with zero attached hydrogens (tertiary/aromatic N) is 2. The zero-order chi connectivity index (χ0) is 21.9. The molecular formula is C23H31N3O3S. The lowest BCUT2D eigenvalue weighted by atomic mass is 10.1. The first-order valence-corrected chi connectivity index (χ1v) is 11.8. The maximum atomic E-state index is 12.9. The zero-order valence-corrected chi connectivity index (χ0v) is 19.0. The van der Waals surface area contributed by atoms with Crippen LogP contribution < -0.4 is 4.72 Å². The Morgan fingerprint density at radius 2 is 1.57 bits per heavy atom. The molecule has 2 aromatic carbocycles. The van der Waals surface area contributed by atoms with Crippen LogP contribution in [0.15, 0.2) is 47.4 Å². The summed E-state index contributed by atoms with van der Waals surface area (Å²) >= 11 is 0. The van der Waals surface area contributed by atoms with Crippen LogP contribution in [0.1, 0.15) is 29.2 Å². The van der Waals surface area contributed by atoms with E-state index in [-0.39, 0.29) is 10.8 Å². The van der Waals surface area contributed by atoms with E-state index in [9.17, 15) is 13.2 Å². The van der Waals surface area contributed by atoms with Crippen molar-refractivity contribution in [1.82, 2.24) is 14.5 Å². The predicted molar refractivity (Wildman–Crippen MR) is 119 cm³/mol. The Labute approximate surface area is 179 Å². The van der Waals surface area contributed by atoms with Gasteiger partial charge in [-0.15, -0.1) is 0 Å². The molecule has 0 saturated carbocycles. The Hall–Kier alpha value is -2.22. The standard InChI is InChI=1S/C23H31N3O3S/c1-17-14-18(2)22(19(3)15-17)30(28,29)24-20(4)23(27)26-12-10-25(11-13-26)16-21-8-6-5-7-9-21/h5-9,14-15,20,24H,10-13,16H2,1-4H3. The third-order valence-corrected chi connectivity index (χ3v) is 7.35. The summed E-state index contributed by atoms with van der Waals surface area (Å²) in [4.78, 5) is 17.2. The van der Waals surface area contributed by atoms with Crippen LogP contribution >= 0.6 is 0 Å². The Balaban J connectivity index is 1.60. The van der Waals surface area contributed by atoms with Crippen molar-refractivity contribution in [3.8, 4) is 0 Å². The summed E-state index contributed by atoms with van der Waals surface area (Å²) in [6.45, 7) is 10.7. The maximum Gasteiger partial charge on any atom is 0.241 e. The van der Waals surface area contributed by atoms with E-state index in [0.717, 1.165) is 25.2 Å². The average Bonchev–Trinajstić information content (AvgIpc) is 2.67. The molecule has 30 heavy (non-hydrogen) atoms. The molecule has 0 spiro atoms. The van der Waals surface area contributed by atoms with Crippen LogP contribution in [0.25, 0.3) is 0 Å². The zero-order valence-electron chi connectivity index (χ0n) is 18.2. The number of nitrogens with one attached hydrogen (secondary N) is 1. The second-order valence-corrected chi connectivity index (χ2v) is 9.81. The lowest BCUT2D eigenvalue weighted by Crippen LogP contribution is -2.53.